The van der Waals surface area contributed by atoms with Crippen LogP contribution in [0.15, 0.2) is 9.21 Å². The van der Waals surface area contributed by atoms with E-state index in [1.807, 2.05) is 25.3 Å². The second kappa shape index (κ2) is 8.96. The molecule has 1 fully saturated rings. The van der Waals surface area contributed by atoms with Crippen LogP contribution in [0.3, 0.4) is 0 Å². The zero-order valence-electron chi connectivity index (χ0n) is 17.1. The van der Waals surface area contributed by atoms with Crippen molar-refractivity contribution in [1.82, 2.24) is 14.5 Å². The predicted octanol–water partition coefficient (Wildman–Crippen LogP) is 5.79. The van der Waals surface area contributed by atoms with Crippen LogP contribution in [-0.2, 0) is 16.2 Å². The summed E-state index contributed by atoms with van der Waals surface area (Å²) in [5.74, 6) is 0.824. The van der Waals surface area contributed by atoms with Gasteiger partial charge in [0.15, 0.2) is 0 Å². The van der Waals surface area contributed by atoms with Crippen molar-refractivity contribution in [3.8, 4) is 0 Å². The highest BCUT2D eigenvalue weighted by Crippen LogP contribution is 2.36. The van der Waals surface area contributed by atoms with E-state index in [-0.39, 0.29) is 12.1 Å². The molecule has 1 aromatic rings. The summed E-state index contributed by atoms with van der Waals surface area (Å²) in [7, 11) is -1.13. The summed E-state index contributed by atoms with van der Waals surface area (Å²) in [5.41, 5.74) is -0.513. The number of imidazole rings is 1. The molecule has 1 aromatic heterocycles. The van der Waals surface area contributed by atoms with Crippen LogP contribution in [0.5, 0.6) is 0 Å². The fraction of sp³-hybridized carbons (Fsp3) is 0.778. The molecule has 1 amide bonds. The molecule has 1 aliphatic rings. The standard InChI is InChI=1S/C18H31Br2N3O3Si/c1-18(2,3)26-17(24)22-9-7-8-13(22)16-21-14(19)15(20)23(16)12-25-10-11-27(4,5)6/h13H,7-12H2,1-6H3/t13-/m0/s1. The maximum atomic E-state index is 12.6. The predicted molar refractivity (Wildman–Crippen MR) is 117 cm³/mol. The summed E-state index contributed by atoms with van der Waals surface area (Å²) in [5, 5.41) is 0. The van der Waals surface area contributed by atoms with E-state index in [4.69, 9.17) is 9.47 Å². The molecule has 0 N–H and O–H groups in total. The molecule has 0 unspecified atom stereocenters. The average molecular weight is 525 g/mol. The Morgan fingerprint density at radius 3 is 2.56 bits per heavy atom. The Morgan fingerprint density at radius 1 is 1.30 bits per heavy atom. The molecule has 1 saturated heterocycles. The van der Waals surface area contributed by atoms with Gasteiger partial charge in [-0.25, -0.2) is 9.78 Å². The summed E-state index contributed by atoms with van der Waals surface area (Å²) >= 11 is 7.09. The van der Waals surface area contributed by atoms with Crippen molar-refractivity contribution < 1.29 is 14.3 Å². The third-order valence-electron chi connectivity index (χ3n) is 4.29. The van der Waals surface area contributed by atoms with Gasteiger partial charge in [0.1, 0.15) is 27.4 Å². The zero-order chi connectivity index (χ0) is 20.4. The minimum atomic E-state index is -1.13. The fourth-order valence-electron chi connectivity index (χ4n) is 2.90. The fourth-order valence-corrected chi connectivity index (χ4v) is 4.43. The minimum Gasteiger partial charge on any atom is -0.444 e. The number of amides is 1. The first-order valence-corrected chi connectivity index (χ1v) is 14.7. The van der Waals surface area contributed by atoms with Gasteiger partial charge >= 0.3 is 6.09 Å². The molecule has 1 aliphatic heterocycles. The normalized spacial score (nSPS) is 18.2. The first-order valence-electron chi connectivity index (χ1n) is 9.38. The Morgan fingerprint density at radius 2 is 1.96 bits per heavy atom. The van der Waals surface area contributed by atoms with Crippen molar-refractivity contribution in [2.24, 2.45) is 0 Å². The highest BCUT2D eigenvalue weighted by Gasteiger charge is 2.36. The van der Waals surface area contributed by atoms with Crippen molar-refractivity contribution in [3.05, 3.63) is 15.0 Å². The largest absolute Gasteiger partial charge is 0.444 e. The molecule has 9 heteroatoms. The first kappa shape index (κ1) is 22.9. The maximum absolute atomic E-state index is 12.6. The number of likely N-dealkylation sites (tertiary alicyclic amines) is 1. The molecular weight excluding hydrogens is 494 g/mol. The van der Waals surface area contributed by atoms with Crippen LogP contribution in [0, 0.1) is 0 Å². The van der Waals surface area contributed by atoms with E-state index in [0.717, 1.165) is 40.5 Å². The van der Waals surface area contributed by atoms with E-state index >= 15 is 0 Å². The molecule has 1 atom stereocenters. The van der Waals surface area contributed by atoms with Gasteiger partial charge in [0.25, 0.3) is 0 Å². The van der Waals surface area contributed by atoms with Gasteiger partial charge in [-0.2, -0.15) is 0 Å². The molecule has 2 heterocycles. The third kappa shape index (κ3) is 6.57. The van der Waals surface area contributed by atoms with E-state index in [1.54, 1.807) is 4.90 Å². The lowest BCUT2D eigenvalue weighted by Gasteiger charge is -2.28. The van der Waals surface area contributed by atoms with Crippen molar-refractivity contribution >= 4 is 46.0 Å². The highest BCUT2D eigenvalue weighted by atomic mass is 79.9. The first-order chi connectivity index (χ1) is 12.4. The lowest BCUT2D eigenvalue weighted by Crippen LogP contribution is -2.37. The van der Waals surface area contributed by atoms with Gasteiger partial charge in [0.05, 0.1) is 6.04 Å². The molecule has 0 radical (unpaired) electrons. The van der Waals surface area contributed by atoms with Crippen molar-refractivity contribution in [3.63, 3.8) is 0 Å². The van der Waals surface area contributed by atoms with E-state index in [2.05, 4.69) is 56.5 Å². The minimum absolute atomic E-state index is 0.108. The Balaban J connectivity index is 2.14. The van der Waals surface area contributed by atoms with Crippen LogP contribution >= 0.6 is 31.9 Å². The summed E-state index contributed by atoms with van der Waals surface area (Å²) in [6.45, 7) is 14.5. The molecule has 27 heavy (non-hydrogen) atoms. The van der Waals surface area contributed by atoms with Gasteiger partial charge in [-0.15, -0.1) is 0 Å². The van der Waals surface area contributed by atoms with Crippen LogP contribution in [-0.4, -0.2) is 47.4 Å². The molecule has 0 aliphatic carbocycles. The lowest BCUT2D eigenvalue weighted by atomic mass is 10.2. The van der Waals surface area contributed by atoms with E-state index in [1.165, 1.54) is 0 Å². The summed E-state index contributed by atoms with van der Waals surface area (Å²) < 4.78 is 15.1. The molecule has 2 rings (SSSR count). The average Bonchev–Trinajstić information content (AvgIpc) is 3.08. The number of halogens is 2. The van der Waals surface area contributed by atoms with E-state index in [0.29, 0.717) is 13.3 Å². The number of rotatable bonds is 6. The number of carbonyl (C=O) groups is 1. The number of ether oxygens (including phenoxy) is 2. The maximum Gasteiger partial charge on any atom is 0.410 e. The second-order valence-electron chi connectivity index (χ2n) is 9.16. The topological polar surface area (TPSA) is 56.6 Å². The van der Waals surface area contributed by atoms with Gasteiger partial charge < -0.3 is 9.47 Å². The highest BCUT2D eigenvalue weighted by molar-refractivity contribution is 9.13. The van der Waals surface area contributed by atoms with Crippen LogP contribution in [0.2, 0.25) is 25.7 Å². The van der Waals surface area contributed by atoms with Crippen LogP contribution in [0.4, 0.5) is 4.79 Å². The molecule has 0 aromatic carbocycles. The lowest BCUT2D eigenvalue weighted by molar-refractivity contribution is 0.0203. The number of hydrogen-bond acceptors (Lipinski definition) is 4. The van der Waals surface area contributed by atoms with E-state index < -0.39 is 13.7 Å². The number of carbonyl (C=O) groups excluding carboxylic acids is 1. The van der Waals surface area contributed by atoms with Gasteiger partial charge in [0, 0.05) is 21.2 Å². The van der Waals surface area contributed by atoms with E-state index in [9.17, 15) is 4.79 Å². The van der Waals surface area contributed by atoms with Crippen molar-refractivity contribution in [2.75, 3.05) is 13.2 Å². The third-order valence-corrected chi connectivity index (χ3v) is 7.88. The number of aromatic nitrogens is 2. The Bertz CT molecular complexity index is 668. The van der Waals surface area contributed by atoms with Gasteiger partial charge in [-0.1, -0.05) is 19.6 Å². The molecule has 0 bridgehead atoms. The van der Waals surface area contributed by atoms with Gasteiger partial charge in [0.2, 0.25) is 0 Å². The molecule has 154 valence electrons. The Kier molecular flexibility index (Phi) is 7.60. The summed E-state index contributed by atoms with van der Waals surface area (Å²) in [6, 6.07) is 1.01. The quantitative estimate of drug-likeness (QED) is 0.349. The monoisotopic (exact) mass is 523 g/mol. The summed E-state index contributed by atoms with van der Waals surface area (Å²) in [4.78, 5) is 19.1. The zero-order valence-corrected chi connectivity index (χ0v) is 21.3. The second-order valence-corrected chi connectivity index (χ2v) is 16.3. The SMILES string of the molecule is CC(C)(C)OC(=O)N1CCC[C@H]1c1nc(Br)c(Br)n1COCC[Si](C)(C)C. The van der Waals surface area contributed by atoms with Crippen LogP contribution in [0.25, 0.3) is 0 Å². The van der Waals surface area contributed by atoms with Crippen molar-refractivity contribution in [2.45, 2.75) is 77.7 Å². The molecule has 0 spiro atoms. The molecule has 0 saturated carbocycles. The van der Waals surface area contributed by atoms with Gasteiger partial charge in [-0.3, -0.25) is 9.47 Å². The Labute approximate surface area is 180 Å². The Hall–Kier alpha value is -0.383. The molecule has 6 nitrogen and oxygen atoms in total. The van der Waals surface area contributed by atoms with Crippen LogP contribution in [0.1, 0.15) is 45.5 Å². The number of hydrogen-bond donors (Lipinski definition) is 0. The van der Waals surface area contributed by atoms with Crippen LogP contribution < -0.4 is 0 Å². The van der Waals surface area contributed by atoms with Gasteiger partial charge in [-0.05, 0) is 71.5 Å². The van der Waals surface area contributed by atoms with Crippen molar-refractivity contribution in [1.29, 1.82) is 0 Å². The summed E-state index contributed by atoms with van der Waals surface area (Å²) in [6.07, 6.45) is 1.51. The molecular formula is C18H31Br2N3O3Si. The number of nitrogens with zero attached hydrogens (tertiary/aromatic N) is 3. The smallest absolute Gasteiger partial charge is 0.410 e.